The highest BCUT2D eigenvalue weighted by molar-refractivity contribution is 5.30. The zero-order valence-electron chi connectivity index (χ0n) is 10.9. The molecule has 1 spiro atoms. The van der Waals surface area contributed by atoms with Crippen molar-refractivity contribution in [3.8, 4) is 0 Å². The van der Waals surface area contributed by atoms with Crippen molar-refractivity contribution < 1.29 is 9.13 Å². The molecule has 3 heterocycles. The maximum atomic E-state index is 12.9. The molecule has 1 N–H and O–H groups in total. The minimum Gasteiger partial charge on any atom is -0.379 e. The molecule has 0 aromatic carbocycles. The van der Waals surface area contributed by atoms with Gasteiger partial charge in [0.05, 0.1) is 25.6 Å². The monoisotopic (exact) mass is 266 g/mol. The van der Waals surface area contributed by atoms with Crippen LogP contribution < -0.4 is 10.2 Å². The number of nitrogens with one attached hydrogen (secondary N) is 1. The normalized spacial score (nSPS) is 28.4. The number of anilines is 1. The topological polar surface area (TPSA) is 50.3 Å². The number of rotatable bonds is 1. The molecule has 0 bridgehead atoms. The SMILES string of the molecule is Fc1cnc(N2CCOCC3(CCCNC3)C2)nc1. The maximum absolute atomic E-state index is 12.9. The Bertz CT molecular complexity index is 419. The van der Waals surface area contributed by atoms with Crippen LogP contribution in [0.25, 0.3) is 0 Å². The van der Waals surface area contributed by atoms with Gasteiger partial charge >= 0.3 is 0 Å². The van der Waals surface area contributed by atoms with Crippen LogP contribution in [-0.4, -0.2) is 49.4 Å². The largest absolute Gasteiger partial charge is 0.379 e. The first-order valence-corrected chi connectivity index (χ1v) is 6.78. The second-order valence-corrected chi connectivity index (χ2v) is 5.46. The number of aromatic nitrogens is 2. The smallest absolute Gasteiger partial charge is 0.225 e. The molecule has 1 aromatic heterocycles. The number of nitrogens with zero attached hydrogens (tertiary/aromatic N) is 3. The highest BCUT2D eigenvalue weighted by atomic mass is 19.1. The van der Waals surface area contributed by atoms with Crippen LogP contribution in [0.3, 0.4) is 0 Å². The third kappa shape index (κ3) is 2.84. The van der Waals surface area contributed by atoms with E-state index in [0.29, 0.717) is 12.6 Å². The molecular formula is C13H19FN4O. The van der Waals surface area contributed by atoms with Gasteiger partial charge in [-0.2, -0.15) is 0 Å². The van der Waals surface area contributed by atoms with Gasteiger partial charge in [0.1, 0.15) is 0 Å². The first kappa shape index (κ1) is 12.7. The summed E-state index contributed by atoms with van der Waals surface area (Å²) in [5, 5.41) is 3.45. The predicted molar refractivity (Wildman–Crippen MR) is 69.6 cm³/mol. The third-order valence-electron chi connectivity index (χ3n) is 3.89. The second kappa shape index (κ2) is 5.38. The molecule has 3 rings (SSSR count). The molecule has 19 heavy (non-hydrogen) atoms. The highest BCUT2D eigenvalue weighted by Gasteiger charge is 2.36. The van der Waals surface area contributed by atoms with Crippen LogP contribution in [0.5, 0.6) is 0 Å². The van der Waals surface area contributed by atoms with E-state index < -0.39 is 5.82 Å². The predicted octanol–water partition coefficient (Wildman–Crippen LogP) is 0.822. The first-order chi connectivity index (χ1) is 9.27. The van der Waals surface area contributed by atoms with E-state index in [4.69, 9.17) is 4.74 Å². The molecule has 0 saturated carbocycles. The van der Waals surface area contributed by atoms with Gasteiger partial charge in [0.15, 0.2) is 5.82 Å². The zero-order chi connectivity index (χ0) is 13.1. The molecule has 0 radical (unpaired) electrons. The Morgan fingerprint density at radius 1 is 1.37 bits per heavy atom. The molecule has 1 aromatic rings. The number of halogens is 1. The number of piperidine rings is 1. The van der Waals surface area contributed by atoms with Crippen molar-refractivity contribution in [1.82, 2.24) is 15.3 Å². The van der Waals surface area contributed by atoms with Crippen molar-refractivity contribution >= 4 is 5.95 Å². The lowest BCUT2D eigenvalue weighted by molar-refractivity contribution is 0.0536. The summed E-state index contributed by atoms with van der Waals surface area (Å²) in [5.74, 6) is 0.195. The van der Waals surface area contributed by atoms with Crippen molar-refractivity contribution in [1.29, 1.82) is 0 Å². The van der Waals surface area contributed by atoms with E-state index in [9.17, 15) is 4.39 Å². The molecule has 2 fully saturated rings. The fraction of sp³-hybridized carbons (Fsp3) is 0.692. The summed E-state index contributed by atoms with van der Waals surface area (Å²) in [6.07, 6.45) is 4.76. The van der Waals surface area contributed by atoms with Crippen molar-refractivity contribution in [2.24, 2.45) is 5.41 Å². The average molecular weight is 266 g/mol. The molecule has 2 saturated heterocycles. The zero-order valence-corrected chi connectivity index (χ0v) is 10.9. The summed E-state index contributed by atoms with van der Waals surface area (Å²) < 4.78 is 18.7. The third-order valence-corrected chi connectivity index (χ3v) is 3.89. The van der Waals surface area contributed by atoms with Crippen LogP contribution in [-0.2, 0) is 4.74 Å². The quantitative estimate of drug-likeness (QED) is 0.815. The van der Waals surface area contributed by atoms with E-state index in [0.717, 1.165) is 39.2 Å². The Hall–Kier alpha value is -1.27. The van der Waals surface area contributed by atoms with Crippen molar-refractivity contribution in [2.45, 2.75) is 12.8 Å². The van der Waals surface area contributed by atoms with Gasteiger partial charge in [-0.1, -0.05) is 0 Å². The molecule has 2 aliphatic rings. The lowest BCUT2D eigenvalue weighted by Gasteiger charge is -2.38. The van der Waals surface area contributed by atoms with E-state index in [1.54, 1.807) is 0 Å². The summed E-state index contributed by atoms with van der Waals surface area (Å²) >= 11 is 0. The summed E-state index contributed by atoms with van der Waals surface area (Å²) in [4.78, 5) is 10.3. The van der Waals surface area contributed by atoms with Gasteiger partial charge in [-0.05, 0) is 19.4 Å². The Labute approximate surface area is 112 Å². The fourth-order valence-corrected chi connectivity index (χ4v) is 2.92. The molecule has 5 nitrogen and oxygen atoms in total. The minimum absolute atomic E-state index is 0.131. The van der Waals surface area contributed by atoms with E-state index in [1.807, 2.05) is 0 Å². The number of hydrogen-bond acceptors (Lipinski definition) is 5. The Kier molecular flexibility index (Phi) is 3.61. The van der Waals surface area contributed by atoms with Crippen LogP contribution in [0.2, 0.25) is 0 Å². The van der Waals surface area contributed by atoms with E-state index >= 15 is 0 Å². The van der Waals surface area contributed by atoms with Gasteiger partial charge < -0.3 is 15.0 Å². The summed E-state index contributed by atoms with van der Waals surface area (Å²) in [5.41, 5.74) is 0.131. The summed E-state index contributed by atoms with van der Waals surface area (Å²) in [6, 6.07) is 0. The fourth-order valence-electron chi connectivity index (χ4n) is 2.92. The van der Waals surface area contributed by atoms with E-state index in [1.165, 1.54) is 18.8 Å². The van der Waals surface area contributed by atoms with Gasteiger partial charge in [0, 0.05) is 25.0 Å². The highest BCUT2D eigenvalue weighted by Crippen LogP contribution is 2.30. The molecule has 0 amide bonds. The van der Waals surface area contributed by atoms with Crippen LogP contribution in [0.15, 0.2) is 12.4 Å². The molecular weight excluding hydrogens is 247 g/mol. The Morgan fingerprint density at radius 2 is 2.21 bits per heavy atom. The van der Waals surface area contributed by atoms with Gasteiger partial charge in [-0.15, -0.1) is 0 Å². The summed E-state index contributed by atoms with van der Waals surface area (Å²) in [7, 11) is 0. The van der Waals surface area contributed by atoms with Gasteiger partial charge in [-0.3, -0.25) is 0 Å². The van der Waals surface area contributed by atoms with Crippen LogP contribution >= 0.6 is 0 Å². The Balaban J connectivity index is 1.78. The van der Waals surface area contributed by atoms with Crippen molar-refractivity contribution in [3.63, 3.8) is 0 Å². The summed E-state index contributed by atoms with van der Waals surface area (Å²) in [6.45, 7) is 5.11. The molecule has 0 aliphatic carbocycles. The molecule has 104 valence electrons. The van der Waals surface area contributed by atoms with Crippen LogP contribution in [0.4, 0.5) is 10.3 Å². The van der Waals surface area contributed by atoms with E-state index in [-0.39, 0.29) is 5.41 Å². The van der Waals surface area contributed by atoms with Crippen LogP contribution in [0, 0.1) is 11.2 Å². The Morgan fingerprint density at radius 3 is 2.95 bits per heavy atom. The standard InChI is InChI=1S/C13H19FN4O/c14-11-6-16-12(17-7-11)18-4-5-19-10-13(9-18)2-1-3-15-8-13/h6-7,15H,1-5,8-10H2. The molecule has 1 unspecified atom stereocenters. The van der Waals surface area contributed by atoms with E-state index in [2.05, 4.69) is 20.2 Å². The van der Waals surface area contributed by atoms with Gasteiger partial charge in [0.25, 0.3) is 0 Å². The van der Waals surface area contributed by atoms with Crippen molar-refractivity contribution in [3.05, 3.63) is 18.2 Å². The first-order valence-electron chi connectivity index (χ1n) is 6.78. The van der Waals surface area contributed by atoms with Crippen LogP contribution in [0.1, 0.15) is 12.8 Å². The molecule has 2 aliphatic heterocycles. The number of hydrogen-bond donors (Lipinski definition) is 1. The van der Waals surface area contributed by atoms with Crippen molar-refractivity contribution in [2.75, 3.05) is 44.3 Å². The minimum atomic E-state index is -0.399. The lowest BCUT2D eigenvalue weighted by atomic mass is 9.81. The van der Waals surface area contributed by atoms with Gasteiger partial charge in [-0.25, -0.2) is 14.4 Å². The van der Waals surface area contributed by atoms with Gasteiger partial charge in [0.2, 0.25) is 5.95 Å². The average Bonchev–Trinajstić information content (AvgIpc) is 2.64. The number of ether oxygens (including phenoxy) is 1. The second-order valence-electron chi connectivity index (χ2n) is 5.46. The molecule has 6 heteroatoms. The lowest BCUT2D eigenvalue weighted by Crippen LogP contribution is -2.49. The maximum Gasteiger partial charge on any atom is 0.225 e. The molecule has 1 atom stereocenters.